The Morgan fingerprint density at radius 1 is 1.44 bits per heavy atom. The Balaban J connectivity index is 2.58. The van der Waals surface area contributed by atoms with Crippen molar-refractivity contribution in [1.82, 2.24) is 25.4 Å². The van der Waals surface area contributed by atoms with Crippen LogP contribution in [0.15, 0.2) is 0 Å². The first-order valence-electron chi connectivity index (χ1n) is 5.90. The highest BCUT2D eigenvalue weighted by Gasteiger charge is 2.19. The number of carbonyl (C=O) groups excluding carboxylic acids is 2. The molecule has 1 rings (SSSR count). The molecule has 0 spiro atoms. The SMILES string of the molecule is CCc1nc(C(=O)N(C)CC(=O)NC(C)C)n[nH]1. The lowest BCUT2D eigenvalue weighted by Gasteiger charge is -2.16. The van der Waals surface area contributed by atoms with Crippen molar-refractivity contribution in [2.75, 3.05) is 13.6 Å². The molecule has 0 unspecified atom stereocenters. The number of likely N-dealkylation sites (N-methyl/N-ethyl adjacent to an activating group) is 1. The molecule has 1 aromatic heterocycles. The summed E-state index contributed by atoms with van der Waals surface area (Å²) in [6.45, 7) is 5.63. The zero-order valence-electron chi connectivity index (χ0n) is 11.1. The summed E-state index contributed by atoms with van der Waals surface area (Å²) in [5.41, 5.74) is 0. The van der Waals surface area contributed by atoms with Gasteiger partial charge in [-0.25, -0.2) is 4.98 Å². The summed E-state index contributed by atoms with van der Waals surface area (Å²) in [4.78, 5) is 28.7. The Morgan fingerprint density at radius 3 is 2.61 bits per heavy atom. The van der Waals surface area contributed by atoms with E-state index in [0.29, 0.717) is 12.2 Å². The van der Waals surface area contributed by atoms with Gasteiger partial charge in [0.25, 0.3) is 5.91 Å². The van der Waals surface area contributed by atoms with E-state index < -0.39 is 0 Å². The molecule has 7 nitrogen and oxygen atoms in total. The third-order valence-corrected chi connectivity index (χ3v) is 2.24. The van der Waals surface area contributed by atoms with Gasteiger partial charge in [-0.05, 0) is 13.8 Å². The second-order valence-corrected chi connectivity index (χ2v) is 4.34. The predicted molar refractivity (Wildman–Crippen MR) is 66.0 cm³/mol. The van der Waals surface area contributed by atoms with Crippen LogP contribution in [-0.2, 0) is 11.2 Å². The topological polar surface area (TPSA) is 91.0 Å². The van der Waals surface area contributed by atoms with Crippen molar-refractivity contribution in [3.05, 3.63) is 11.6 Å². The lowest BCUT2D eigenvalue weighted by Crippen LogP contribution is -2.41. The Labute approximate surface area is 106 Å². The van der Waals surface area contributed by atoms with Crippen LogP contribution in [0, 0.1) is 0 Å². The minimum Gasteiger partial charge on any atom is -0.352 e. The molecule has 0 aliphatic rings. The van der Waals surface area contributed by atoms with E-state index in [1.54, 1.807) is 7.05 Å². The van der Waals surface area contributed by atoms with E-state index in [1.165, 1.54) is 4.90 Å². The number of aromatic nitrogens is 3. The van der Waals surface area contributed by atoms with Gasteiger partial charge in [0.1, 0.15) is 5.82 Å². The number of aromatic amines is 1. The first kappa shape index (κ1) is 14.1. The van der Waals surface area contributed by atoms with Gasteiger partial charge in [-0.3, -0.25) is 14.7 Å². The Morgan fingerprint density at radius 2 is 2.11 bits per heavy atom. The van der Waals surface area contributed by atoms with E-state index in [-0.39, 0.29) is 30.2 Å². The highest BCUT2D eigenvalue weighted by Crippen LogP contribution is 1.98. The van der Waals surface area contributed by atoms with Crippen LogP contribution in [-0.4, -0.2) is 51.5 Å². The molecule has 2 N–H and O–H groups in total. The van der Waals surface area contributed by atoms with Crippen LogP contribution in [0.1, 0.15) is 37.2 Å². The van der Waals surface area contributed by atoms with Crippen molar-refractivity contribution in [3.63, 3.8) is 0 Å². The third-order valence-electron chi connectivity index (χ3n) is 2.24. The summed E-state index contributed by atoms with van der Waals surface area (Å²) in [6, 6.07) is 0.0520. The zero-order valence-corrected chi connectivity index (χ0v) is 11.1. The molecule has 18 heavy (non-hydrogen) atoms. The molecule has 1 heterocycles. The quantitative estimate of drug-likeness (QED) is 0.770. The number of aryl methyl sites for hydroxylation is 1. The van der Waals surface area contributed by atoms with Gasteiger partial charge in [0, 0.05) is 19.5 Å². The lowest BCUT2D eigenvalue weighted by atomic mass is 10.3. The summed E-state index contributed by atoms with van der Waals surface area (Å²) in [5.74, 6) is 0.169. The molecule has 0 bridgehead atoms. The summed E-state index contributed by atoms with van der Waals surface area (Å²) in [5, 5.41) is 9.20. The van der Waals surface area contributed by atoms with Crippen molar-refractivity contribution in [2.24, 2.45) is 0 Å². The van der Waals surface area contributed by atoms with Gasteiger partial charge in [0.2, 0.25) is 11.7 Å². The number of hydrogen-bond donors (Lipinski definition) is 2. The largest absolute Gasteiger partial charge is 0.352 e. The normalized spacial score (nSPS) is 10.5. The number of hydrogen-bond acceptors (Lipinski definition) is 4. The van der Waals surface area contributed by atoms with Crippen molar-refractivity contribution in [1.29, 1.82) is 0 Å². The molecule has 0 aromatic carbocycles. The average molecular weight is 253 g/mol. The maximum Gasteiger partial charge on any atom is 0.293 e. The van der Waals surface area contributed by atoms with Crippen LogP contribution in [0.2, 0.25) is 0 Å². The zero-order chi connectivity index (χ0) is 13.7. The molecular weight excluding hydrogens is 234 g/mol. The highest BCUT2D eigenvalue weighted by molar-refractivity contribution is 5.93. The molecule has 1 aromatic rings. The molecule has 0 radical (unpaired) electrons. The fourth-order valence-electron chi connectivity index (χ4n) is 1.37. The molecule has 2 amide bonds. The van der Waals surface area contributed by atoms with E-state index in [4.69, 9.17) is 0 Å². The van der Waals surface area contributed by atoms with Gasteiger partial charge in [-0.1, -0.05) is 6.92 Å². The van der Waals surface area contributed by atoms with Gasteiger partial charge < -0.3 is 10.2 Å². The van der Waals surface area contributed by atoms with Crippen molar-refractivity contribution >= 4 is 11.8 Å². The van der Waals surface area contributed by atoms with Crippen LogP contribution in [0.5, 0.6) is 0 Å². The number of carbonyl (C=O) groups is 2. The third kappa shape index (κ3) is 3.83. The lowest BCUT2D eigenvalue weighted by molar-refractivity contribution is -0.122. The first-order valence-corrected chi connectivity index (χ1v) is 5.90. The van der Waals surface area contributed by atoms with Crippen molar-refractivity contribution in [3.8, 4) is 0 Å². The van der Waals surface area contributed by atoms with Gasteiger partial charge in [-0.15, -0.1) is 5.10 Å². The molecule has 0 aliphatic heterocycles. The van der Waals surface area contributed by atoms with Crippen LogP contribution < -0.4 is 5.32 Å². The second-order valence-electron chi connectivity index (χ2n) is 4.34. The van der Waals surface area contributed by atoms with E-state index in [0.717, 1.165) is 0 Å². The number of rotatable bonds is 5. The standard InChI is InChI=1S/C11H19N5O2/c1-5-8-13-10(15-14-8)11(18)16(4)6-9(17)12-7(2)3/h7H,5-6H2,1-4H3,(H,12,17)(H,13,14,15). The average Bonchev–Trinajstić information content (AvgIpc) is 2.75. The monoisotopic (exact) mass is 253 g/mol. The van der Waals surface area contributed by atoms with Gasteiger partial charge in [0.15, 0.2) is 0 Å². The molecule has 0 atom stereocenters. The Bertz CT molecular complexity index is 427. The highest BCUT2D eigenvalue weighted by atomic mass is 16.2. The molecule has 0 aliphatic carbocycles. The summed E-state index contributed by atoms with van der Waals surface area (Å²) in [6.07, 6.45) is 0.678. The maximum absolute atomic E-state index is 11.9. The maximum atomic E-state index is 11.9. The van der Waals surface area contributed by atoms with Gasteiger partial charge >= 0.3 is 0 Å². The summed E-state index contributed by atoms with van der Waals surface area (Å²) >= 11 is 0. The van der Waals surface area contributed by atoms with E-state index >= 15 is 0 Å². The predicted octanol–water partition coefficient (Wildman–Crippen LogP) is -0.0363. The van der Waals surface area contributed by atoms with Crippen molar-refractivity contribution in [2.45, 2.75) is 33.2 Å². The number of nitrogens with zero attached hydrogens (tertiary/aromatic N) is 3. The first-order chi connectivity index (χ1) is 8.43. The van der Waals surface area contributed by atoms with E-state index in [2.05, 4.69) is 20.5 Å². The van der Waals surface area contributed by atoms with Gasteiger partial charge in [0.05, 0.1) is 6.54 Å². The van der Waals surface area contributed by atoms with Crippen LogP contribution in [0.25, 0.3) is 0 Å². The van der Waals surface area contributed by atoms with Crippen LogP contribution in [0.3, 0.4) is 0 Å². The number of H-pyrrole nitrogens is 1. The molecule has 100 valence electrons. The number of amides is 2. The Hall–Kier alpha value is -1.92. The van der Waals surface area contributed by atoms with Crippen molar-refractivity contribution < 1.29 is 9.59 Å². The summed E-state index contributed by atoms with van der Waals surface area (Å²) < 4.78 is 0. The van der Waals surface area contributed by atoms with Crippen LogP contribution in [0.4, 0.5) is 0 Å². The smallest absolute Gasteiger partial charge is 0.293 e. The van der Waals surface area contributed by atoms with E-state index in [9.17, 15) is 9.59 Å². The van der Waals surface area contributed by atoms with Gasteiger partial charge in [-0.2, -0.15) is 0 Å². The number of nitrogens with one attached hydrogen (secondary N) is 2. The molecule has 0 fully saturated rings. The molecule has 0 saturated carbocycles. The fraction of sp³-hybridized carbons (Fsp3) is 0.636. The minimum atomic E-state index is -0.371. The van der Waals surface area contributed by atoms with Crippen LogP contribution >= 0.6 is 0 Å². The van der Waals surface area contributed by atoms with E-state index in [1.807, 2.05) is 20.8 Å². The fourth-order valence-corrected chi connectivity index (χ4v) is 1.37. The molecule has 7 heteroatoms. The summed E-state index contributed by atoms with van der Waals surface area (Å²) in [7, 11) is 1.55. The second kappa shape index (κ2) is 6.13. The molecule has 0 saturated heterocycles. The minimum absolute atomic E-state index is 0.00693. The Kier molecular flexibility index (Phi) is 4.82. The molecular formula is C11H19N5O2.